The van der Waals surface area contributed by atoms with Gasteiger partial charge in [-0.15, -0.1) is 0 Å². The summed E-state index contributed by atoms with van der Waals surface area (Å²) in [6.07, 6.45) is -4.83. The van der Waals surface area contributed by atoms with E-state index in [-0.39, 0.29) is 6.07 Å². The van der Waals surface area contributed by atoms with Gasteiger partial charge in [-0.1, -0.05) is 0 Å². The zero-order chi connectivity index (χ0) is 14.3. The summed E-state index contributed by atoms with van der Waals surface area (Å²) in [6.45, 7) is 0.977. The first kappa shape index (κ1) is 14.9. The Kier molecular flexibility index (Phi) is 3.70. The van der Waals surface area contributed by atoms with Crippen molar-refractivity contribution in [1.82, 2.24) is 0 Å². The molecule has 1 unspecified atom stereocenters. The SMILES string of the molecule is Cc1cc(C(F)(F)F)cc(C(O)S(=O)(=O)O)c1F. The minimum Gasteiger partial charge on any atom is -0.371 e. The highest BCUT2D eigenvalue weighted by atomic mass is 32.2. The fourth-order valence-electron chi connectivity index (χ4n) is 1.30. The molecule has 0 radical (unpaired) electrons. The lowest BCUT2D eigenvalue weighted by molar-refractivity contribution is -0.137. The van der Waals surface area contributed by atoms with Crippen LogP contribution in [0.3, 0.4) is 0 Å². The lowest BCUT2D eigenvalue weighted by Crippen LogP contribution is -2.16. The Morgan fingerprint density at radius 3 is 2.17 bits per heavy atom. The van der Waals surface area contributed by atoms with Gasteiger partial charge in [0.15, 0.2) is 0 Å². The fourth-order valence-corrected chi connectivity index (χ4v) is 1.79. The first-order chi connectivity index (χ1) is 7.94. The smallest absolute Gasteiger partial charge is 0.371 e. The highest BCUT2D eigenvalue weighted by Gasteiger charge is 2.34. The van der Waals surface area contributed by atoms with Gasteiger partial charge in [0.25, 0.3) is 10.1 Å². The zero-order valence-corrected chi connectivity index (χ0v) is 9.68. The fraction of sp³-hybridized carbons (Fsp3) is 0.333. The van der Waals surface area contributed by atoms with Crippen molar-refractivity contribution in [2.45, 2.75) is 18.5 Å². The third kappa shape index (κ3) is 2.98. The van der Waals surface area contributed by atoms with Gasteiger partial charge in [0.05, 0.1) is 5.56 Å². The minimum absolute atomic E-state index is 0.140. The van der Waals surface area contributed by atoms with Crippen LogP contribution in [0.2, 0.25) is 0 Å². The Labute approximate surface area is 99.6 Å². The number of aliphatic hydroxyl groups excluding tert-OH is 1. The molecule has 0 fully saturated rings. The number of benzene rings is 1. The van der Waals surface area contributed by atoms with Crippen LogP contribution < -0.4 is 0 Å². The van der Waals surface area contributed by atoms with Gasteiger partial charge >= 0.3 is 6.18 Å². The average Bonchev–Trinajstić information content (AvgIpc) is 2.17. The molecule has 9 heteroatoms. The molecule has 102 valence electrons. The van der Waals surface area contributed by atoms with Crippen LogP contribution in [0.15, 0.2) is 12.1 Å². The number of aryl methyl sites for hydroxylation is 1. The third-order valence-electron chi connectivity index (χ3n) is 2.16. The maximum Gasteiger partial charge on any atom is 0.416 e. The maximum absolute atomic E-state index is 13.4. The second-order valence-corrected chi connectivity index (χ2v) is 5.04. The van der Waals surface area contributed by atoms with Crippen LogP contribution >= 0.6 is 0 Å². The monoisotopic (exact) mass is 288 g/mol. The molecule has 0 aliphatic carbocycles. The first-order valence-corrected chi connectivity index (χ1v) is 5.96. The van der Waals surface area contributed by atoms with E-state index in [0.29, 0.717) is 6.07 Å². The molecule has 1 atom stereocenters. The highest BCUT2D eigenvalue weighted by Crippen LogP contribution is 2.34. The molecule has 0 amide bonds. The van der Waals surface area contributed by atoms with Crippen molar-refractivity contribution in [3.8, 4) is 0 Å². The van der Waals surface area contributed by atoms with E-state index in [1.165, 1.54) is 0 Å². The molecule has 0 aromatic heterocycles. The van der Waals surface area contributed by atoms with E-state index in [4.69, 9.17) is 9.66 Å². The lowest BCUT2D eigenvalue weighted by Gasteiger charge is -2.14. The highest BCUT2D eigenvalue weighted by molar-refractivity contribution is 7.85. The number of alkyl halides is 3. The number of hydrogen-bond acceptors (Lipinski definition) is 3. The zero-order valence-electron chi connectivity index (χ0n) is 8.86. The largest absolute Gasteiger partial charge is 0.416 e. The molecule has 1 rings (SSSR count). The third-order valence-corrected chi connectivity index (χ3v) is 2.98. The summed E-state index contributed by atoms with van der Waals surface area (Å²) in [5.41, 5.74) is -5.73. The predicted octanol–water partition coefficient (Wildman–Crippen LogP) is 2.03. The molecule has 0 aliphatic heterocycles. The Hall–Kier alpha value is -1.19. The van der Waals surface area contributed by atoms with Gasteiger partial charge in [-0.3, -0.25) is 4.55 Å². The number of hydrogen-bond donors (Lipinski definition) is 2. The Balaban J connectivity index is 3.50. The van der Waals surface area contributed by atoms with Gasteiger partial charge in [0.2, 0.25) is 5.44 Å². The molecule has 0 heterocycles. The Bertz CT molecular complexity index is 565. The van der Waals surface area contributed by atoms with Crippen molar-refractivity contribution in [3.63, 3.8) is 0 Å². The van der Waals surface area contributed by atoms with Crippen molar-refractivity contribution < 1.29 is 35.6 Å². The summed E-state index contributed by atoms with van der Waals surface area (Å²) in [6, 6.07) is 0.607. The number of rotatable bonds is 2. The minimum atomic E-state index is -5.11. The lowest BCUT2D eigenvalue weighted by atomic mass is 10.1. The molecule has 0 spiro atoms. The van der Waals surface area contributed by atoms with Crippen LogP contribution in [-0.4, -0.2) is 18.1 Å². The van der Waals surface area contributed by atoms with Crippen molar-refractivity contribution in [2.75, 3.05) is 0 Å². The molecular weight excluding hydrogens is 280 g/mol. The summed E-state index contributed by atoms with van der Waals surface area (Å²) in [4.78, 5) is 0. The Morgan fingerprint density at radius 1 is 1.28 bits per heavy atom. The van der Waals surface area contributed by atoms with Crippen LogP contribution in [0.5, 0.6) is 0 Å². The van der Waals surface area contributed by atoms with E-state index in [1.807, 2.05) is 0 Å². The van der Waals surface area contributed by atoms with Crippen LogP contribution in [0.1, 0.15) is 22.1 Å². The summed E-state index contributed by atoms with van der Waals surface area (Å²) < 4.78 is 80.5. The standard InChI is InChI=1S/C9H8F4O4S/c1-4-2-5(9(11,12)13)3-6(7(4)10)8(14)18(15,16)17/h2-3,8,14H,1H3,(H,15,16,17). The summed E-state index contributed by atoms with van der Waals surface area (Å²) in [5, 5.41) is 9.11. The van der Waals surface area contributed by atoms with Crippen LogP contribution in [-0.2, 0) is 16.3 Å². The number of halogens is 4. The topological polar surface area (TPSA) is 74.6 Å². The summed E-state index contributed by atoms with van der Waals surface area (Å²) >= 11 is 0. The molecule has 2 N–H and O–H groups in total. The van der Waals surface area contributed by atoms with Gasteiger partial charge in [0.1, 0.15) is 5.82 Å². The van der Waals surface area contributed by atoms with Crippen molar-refractivity contribution >= 4 is 10.1 Å². The molecule has 18 heavy (non-hydrogen) atoms. The van der Waals surface area contributed by atoms with Crippen molar-refractivity contribution in [3.05, 3.63) is 34.6 Å². The van der Waals surface area contributed by atoms with Crippen LogP contribution in [0, 0.1) is 12.7 Å². The normalized spacial score (nSPS) is 14.6. The molecule has 0 bridgehead atoms. The van der Waals surface area contributed by atoms with E-state index in [9.17, 15) is 26.0 Å². The van der Waals surface area contributed by atoms with E-state index in [1.54, 1.807) is 0 Å². The molecule has 4 nitrogen and oxygen atoms in total. The maximum atomic E-state index is 13.4. The molecule has 0 aliphatic rings. The molecule has 0 saturated carbocycles. The van der Waals surface area contributed by atoms with E-state index >= 15 is 0 Å². The van der Waals surface area contributed by atoms with E-state index < -0.39 is 44.2 Å². The van der Waals surface area contributed by atoms with Crippen molar-refractivity contribution in [1.29, 1.82) is 0 Å². The Morgan fingerprint density at radius 2 is 1.78 bits per heavy atom. The quantitative estimate of drug-likeness (QED) is 0.645. The van der Waals surface area contributed by atoms with E-state index in [2.05, 4.69) is 0 Å². The van der Waals surface area contributed by atoms with Crippen molar-refractivity contribution in [2.24, 2.45) is 0 Å². The van der Waals surface area contributed by atoms with Gasteiger partial charge in [-0.05, 0) is 24.6 Å². The van der Waals surface area contributed by atoms with Crippen LogP contribution in [0.4, 0.5) is 17.6 Å². The van der Waals surface area contributed by atoms with Gasteiger partial charge in [-0.2, -0.15) is 21.6 Å². The van der Waals surface area contributed by atoms with Gasteiger partial charge in [-0.25, -0.2) is 4.39 Å². The number of aliphatic hydroxyl groups is 1. The second-order valence-electron chi connectivity index (χ2n) is 3.56. The molecule has 1 aromatic carbocycles. The van der Waals surface area contributed by atoms with Crippen LogP contribution in [0.25, 0.3) is 0 Å². The average molecular weight is 288 g/mol. The van der Waals surface area contributed by atoms with E-state index in [0.717, 1.165) is 6.92 Å². The molecule has 0 saturated heterocycles. The molecule has 1 aromatic rings. The predicted molar refractivity (Wildman–Crippen MR) is 52.6 cm³/mol. The summed E-state index contributed by atoms with van der Waals surface area (Å²) in [5.74, 6) is -1.33. The molecular formula is C9H8F4O4S. The van der Waals surface area contributed by atoms with Gasteiger partial charge in [0, 0.05) is 5.56 Å². The summed E-state index contributed by atoms with van der Waals surface area (Å²) in [7, 11) is -5.11. The second kappa shape index (κ2) is 4.48. The first-order valence-electron chi connectivity index (χ1n) is 4.46. The van der Waals surface area contributed by atoms with Gasteiger partial charge < -0.3 is 5.11 Å².